The molecular formula is C29H21N3. The van der Waals surface area contributed by atoms with Crippen molar-refractivity contribution < 1.29 is 0 Å². The van der Waals surface area contributed by atoms with Crippen LogP contribution in [0.25, 0.3) is 50.1 Å². The average molecular weight is 412 g/mol. The van der Waals surface area contributed by atoms with E-state index in [9.17, 15) is 0 Å². The molecule has 152 valence electrons. The number of benzene rings is 4. The molecule has 0 atom stereocenters. The molecule has 0 bridgehead atoms. The Kier molecular flexibility index (Phi) is 3.34. The predicted octanol–water partition coefficient (Wildman–Crippen LogP) is 7.01. The van der Waals surface area contributed by atoms with Crippen molar-refractivity contribution in [2.24, 2.45) is 0 Å². The van der Waals surface area contributed by atoms with Gasteiger partial charge < -0.3 is 0 Å². The maximum absolute atomic E-state index is 5.14. The van der Waals surface area contributed by atoms with E-state index in [0.29, 0.717) is 0 Å². The van der Waals surface area contributed by atoms with Gasteiger partial charge in [-0.1, -0.05) is 74.5 Å². The summed E-state index contributed by atoms with van der Waals surface area (Å²) in [5.74, 6) is 0.932. The molecular weight excluding hydrogens is 390 g/mol. The molecule has 0 radical (unpaired) electrons. The summed E-state index contributed by atoms with van der Waals surface area (Å²) in [7, 11) is 0. The van der Waals surface area contributed by atoms with E-state index >= 15 is 0 Å². The zero-order chi connectivity index (χ0) is 21.4. The zero-order valence-corrected chi connectivity index (χ0v) is 18.0. The van der Waals surface area contributed by atoms with Gasteiger partial charge in [0.1, 0.15) is 11.5 Å². The van der Waals surface area contributed by atoms with Crippen molar-refractivity contribution >= 4 is 27.6 Å². The molecule has 1 aliphatic carbocycles. The molecule has 6 aromatic rings. The van der Waals surface area contributed by atoms with Crippen LogP contribution in [0.1, 0.15) is 25.0 Å². The molecule has 0 fully saturated rings. The minimum atomic E-state index is -0.0467. The SMILES string of the molecule is CC1(C)c2ccccc2-c2ccc(-c3nc4ccccc4c4nc5ccccc5n34)cc21. The highest BCUT2D eigenvalue weighted by Crippen LogP contribution is 2.49. The number of para-hydroxylation sites is 3. The fourth-order valence-corrected chi connectivity index (χ4v) is 5.38. The Morgan fingerprint density at radius 1 is 0.656 bits per heavy atom. The van der Waals surface area contributed by atoms with Gasteiger partial charge in [0.15, 0.2) is 0 Å². The van der Waals surface area contributed by atoms with E-state index in [4.69, 9.17) is 9.97 Å². The van der Waals surface area contributed by atoms with Crippen molar-refractivity contribution in [3.8, 4) is 22.5 Å². The molecule has 0 N–H and O–H groups in total. The first kappa shape index (κ1) is 17.7. The predicted molar refractivity (Wildman–Crippen MR) is 131 cm³/mol. The van der Waals surface area contributed by atoms with E-state index in [-0.39, 0.29) is 5.41 Å². The maximum atomic E-state index is 5.14. The number of rotatable bonds is 1. The van der Waals surface area contributed by atoms with Crippen LogP contribution in [0.5, 0.6) is 0 Å². The highest BCUT2D eigenvalue weighted by atomic mass is 15.1. The van der Waals surface area contributed by atoms with Crippen LogP contribution in [-0.4, -0.2) is 14.4 Å². The van der Waals surface area contributed by atoms with Crippen molar-refractivity contribution in [2.75, 3.05) is 0 Å². The van der Waals surface area contributed by atoms with Gasteiger partial charge in [0.05, 0.1) is 16.6 Å². The monoisotopic (exact) mass is 411 g/mol. The molecule has 0 amide bonds. The van der Waals surface area contributed by atoms with E-state index in [0.717, 1.165) is 39.0 Å². The molecule has 3 heteroatoms. The molecule has 2 aromatic heterocycles. The summed E-state index contributed by atoms with van der Waals surface area (Å²) in [4.78, 5) is 10.1. The Balaban J connectivity index is 1.58. The molecule has 2 heterocycles. The largest absolute Gasteiger partial charge is 0.276 e. The van der Waals surface area contributed by atoms with E-state index in [1.807, 2.05) is 12.1 Å². The molecule has 3 nitrogen and oxygen atoms in total. The van der Waals surface area contributed by atoms with Gasteiger partial charge in [-0.15, -0.1) is 0 Å². The van der Waals surface area contributed by atoms with Crippen LogP contribution in [0.3, 0.4) is 0 Å². The third kappa shape index (κ3) is 2.20. The number of imidazole rings is 1. The number of hydrogen-bond donors (Lipinski definition) is 0. The first-order valence-corrected chi connectivity index (χ1v) is 11.0. The van der Waals surface area contributed by atoms with Crippen LogP contribution >= 0.6 is 0 Å². The third-order valence-electron chi connectivity index (χ3n) is 6.99. The minimum absolute atomic E-state index is 0.0467. The zero-order valence-electron chi connectivity index (χ0n) is 18.0. The number of aromatic nitrogens is 3. The molecule has 0 unspecified atom stereocenters. The highest BCUT2D eigenvalue weighted by molar-refractivity contribution is 5.98. The topological polar surface area (TPSA) is 30.2 Å². The Morgan fingerprint density at radius 2 is 1.38 bits per heavy atom. The summed E-state index contributed by atoms with van der Waals surface area (Å²) in [6.07, 6.45) is 0. The number of fused-ring (bicyclic) bond motifs is 8. The van der Waals surface area contributed by atoms with E-state index in [2.05, 4.69) is 97.1 Å². The van der Waals surface area contributed by atoms with Gasteiger partial charge in [-0.05, 0) is 52.6 Å². The van der Waals surface area contributed by atoms with Crippen molar-refractivity contribution in [3.63, 3.8) is 0 Å². The molecule has 0 saturated heterocycles. The Labute approximate surface area is 186 Å². The van der Waals surface area contributed by atoms with Crippen LogP contribution in [0.2, 0.25) is 0 Å². The van der Waals surface area contributed by atoms with Gasteiger partial charge in [0.2, 0.25) is 0 Å². The highest BCUT2D eigenvalue weighted by Gasteiger charge is 2.35. The number of hydrogen-bond acceptors (Lipinski definition) is 2. The second-order valence-corrected chi connectivity index (χ2v) is 9.14. The van der Waals surface area contributed by atoms with Gasteiger partial charge >= 0.3 is 0 Å². The van der Waals surface area contributed by atoms with Crippen LogP contribution in [0, 0.1) is 0 Å². The second-order valence-electron chi connectivity index (χ2n) is 9.14. The van der Waals surface area contributed by atoms with Gasteiger partial charge in [-0.3, -0.25) is 4.40 Å². The van der Waals surface area contributed by atoms with Crippen LogP contribution in [0.15, 0.2) is 91.0 Å². The lowest BCUT2D eigenvalue weighted by Gasteiger charge is -2.22. The van der Waals surface area contributed by atoms with Gasteiger partial charge in [-0.2, -0.15) is 0 Å². The molecule has 0 spiro atoms. The van der Waals surface area contributed by atoms with Gasteiger partial charge in [0, 0.05) is 16.4 Å². The number of nitrogens with zero attached hydrogens (tertiary/aromatic N) is 3. The summed E-state index contributed by atoms with van der Waals surface area (Å²) < 4.78 is 2.22. The Hall–Kier alpha value is -3.98. The summed E-state index contributed by atoms with van der Waals surface area (Å²) in [5, 5.41) is 1.07. The molecule has 7 rings (SSSR count). The van der Waals surface area contributed by atoms with Crippen LogP contribution in [0.4, 0.5) is 0 Å². The fraction of sp³-hybridized carbons (Fsp3) is 0.103. The van der Waals surface area contributed by atoms with Crippen molar-refractivity contribution in [1.82, 2.24) is 14.4 Å². The molecule has 0 aliphatic heterocycles. The minimum Gasteiger partial charge on any atom is -0.276 e. The third-order valence-corrected chi connectivity index (χ3v) is 6.99. The first-order chi connectivity index (χ1) is 15.6. The van der Waals surface area contributed by atoms with Crippen LogP contribution in [-0.2, 0) is 5.41 Å². The maximum Gasteiger partial charge on any atom is 0.149 e. The molecule has 4 aromatic carbocycles. The van der Waals surface area contributed by atoms with Crippen molar-refractivity contribution in [2.45, 2.75) is 19.3 Å². The summed E-state index contributed by atoms with van der Waals surface area (Å²) >= 11 is 0. The second kappa shape index (κ2) is 6.04. The lowest BCUT2D eigenvalue weighted by Crippen LogP contribution is -2.15. The van der Waals surface area contributed by atoms with Crippen molar-refractivity contribution in [1.29, 1.82) is 0 Å². The summed E-state index contributed by atoms with van der Waals surface area (Å²) in [6, 6.07) is 32.2. The molecule has 1 aliphatic rings. The smallest absolute Gasteiger partial charge is 0.149 e. The Morgan fingerprint density at radius 3 is 2.28 bits per heavy atom. The molecule has 0 saturated carbocycles. The summed E-state index contributed by atoms with van der Waals surface area (Å²) in [5.41, 5.74) is 10.5. The van der Waals surface area contributed by atoms with E-state index in [1.54, 1.807) is 0 Å². The average Bonchev–Trinajstić information content (AvgIpc) is 3.33. The molecule has 32 heavy (non-hydrogen) atoms. The van der Waals surface area contributed by atoms with Gasteiger partial charge in [0.25, 0.3) is 0 Å². The quantitative estimate of drug-likeness (QED) is 0.291. The summed E-state index contributed by atoms with van der Waals surface area (Å²) in [6.45, 7) is 4.63. The fourth-order valence-electron chi connectivity index (χ4n) is 5.38. The van der Waals surface area contributed by atoms with Crippen molar-refractivity contribution in [3.05, 3.63) is 102 Å². The standard InChI is InChI=1S/C29H21N3/c1-29(2)22-11-5-3-9-19(22)20-16-15-18(17-23(20)29)27-30-24-12-6-4-10-21(24)28-31-25-13-7-8-14-26(25)32(27)28/h3-17H,1-2H3. The Bertz CT molecular complexity index is 1710. The van der Waals surface area contributed by atoms with E-state index in [1.165, 1.54) is 22.3 Å². The van der Waals surface area contributed by atoms with E-state index < -0.39 is 0 Å². The van der Waals surface area contributed by atoms with Crippen LogP contribution < -0.4 is 0 Å². The lowest BCUT2D eigenvalue weighted by molar-refractivity contribution is 0.660. The lowest BCUT2D eigenvalue weighted by atomic mass is 9.82. The normalized spacial score (nSPS) is 14.2. The first-order valence-electron chi connectivity index (χ1n) is 11.0. The van der Waals surface area contributed by atoms with Gasteiger partial charge in [-0.25, -0.2) is 9.97 Å².